The van der Waals surface area contributed by atoms with Crippen LogP contribution < -0.4 is 15.5 Å². The van der Waals surface area contributed by atoms with Gasteiger partial charge in [0.1, 0.15) is 22.3 Å². The van der Waals surface area contributed by atoms with Gasteiger partial charge in [-0.05, 0) is 85.0 Å². The molecule has 7 rings (SSSR count). The van der Waals surface area contributed by atoms with Crippen molar-refractivity contribution < 1.29 is 18.8 Å². The van der Waals surface area contributed by atoms with E-state index in [1.807, 2.05) is 0 Å². The summed E-state index contributed by atoms with van der Waals surface area (Å²) >= 11 is 14.3. The average Bonchev–Trinajstić information content (AvgIpc) is 3.95. The summed E-state index contributed by atoms with van der Waals surface area (Å²) in [6.45, 7) is 1.67. The van der Waals surface area contributed by atoms with Crippen LogP contribution in [-0.4, -0.2) is 42.8 Å². The molecule has 3 aliphatic rings. The predicted octanol–water partition coefficient (Wildman–Crippen LogP) is 5.30. The number of amides is 3. The zero-order valence-corrected chi connectivity index (χ0v) is 28.3. The molecule has 0 unspecified atom stereocenters. The van der Waals surface area contributed by atoms with E-state index < -0.39 is 34.2 Å². The Morgan fingerprint density at radius 3 is 2.23 bits per heavy atom. The van der Waals surface area contributed by atoms with Gasteiger partial charge in [0, 0.05) is 22.4 Å². The van der Waals surface area contributed by atoms with E-state index in [2.05, 4.69) is 54.2 Å². The van der Waals surface area contributed by atoms with Crippen LogP contribution in [0.25, 0.3) is 0 Å². The normalized spacial score (nSPS) is 19.9. The monoisotopic (exact) mass is 784 g/mol. The maximum atomic E-state index is 14.3. The number of imidazole rings is 1. The minimum Gasteiger partial charge on any atom is -0.341 e. The smallest absolute Gasteiger partial charge is 0.270 e. The van der Waals surface area contributed by atoms with Crippen molar-refractivity contribution in [2.45, 2.75) is 55.6 Å². The highest BCUT2D eigenvalue weighted by Crippen LogP contribution is 2.47. The summed E-state index contributed by atoms with van der Waals surface area (Å²) in [6.07, 6.45) is 7.05. The molecule has 2 aromatic carbocycles. The first-order valence-corrected chi connectivity index (χ1v) is 16.4. The molecule has 2 aromatic heterocycles. The van der Waals surface area contributed by atoms with Crippen LogP contribution >= 0.6 is 45.8 Å². The Kier molecular flexibility index (Phi) is 7.53. The Bertz CT molecular complexity index is 2000. The van der Waals surface area contributed by atoms with Crippen molar-refractivity contribution in [3.05, 3.63) is 97.1 Å². The first-order valence-electron chi connectivity index (χ1n) is 14.6. The fourth-order valence-corrected chi connectivity index (χ4v) is 6.72. The van der Waals surface area contributed by atoms with E-state index in [0.29, 0.717) is 42.6 Å². The lowest BCUT2D eigenvalue weighted by molar-refractivity contribution is -0.125. The Morgan fingerprint density at radius 1 is 1.02 bits per heavy atom. The average molecular weight is 785 g/mol. The molecule has 2 fully saturated rings. The highest BCUT2D eigenvalue weighted by Gasteiger charge is 2.58. The van der Waals surface area contributed by atoms with Crippen LogP contribution in [0.1, 0.15) is 60.0 Å². The number of anilines is 2. The quantitative estimate of drug-likeness (QED) is 0.182. The summed E-state index contributed by atoms with van der Waals surface area (Å²) in [6, 6.07) is 11.3. The number of nitriles is 1. The molecule has 2 saturated carbocycles. The van der Waals surface area contributed by atoms with Crippen LogP contribution in [0.2, 0.25) is 10.0 Å². The molecule has 47 heavy (non-hydrogen) atoms. The Morgan fingerprint density at radius 2 is 1.66 bits per heavy atom. The second kappa shape index (κ2) is 11.2. The van der Waals surface area contributed by atoms with Crippen molar-refractivity contribution in [1.29, 1.82) is 5.26 Å². The largest absolute Gasteiger partial charge is 0.341 e. The number of aromatic nitrogens is 4. The van der Waals surface area contributed by atoms with E-state index in [9.17, 15) is 24.0 Å². The van der Waals surface area contributed by atoms with Crippen LogP contribution in [0.15, 0.2) is 55.0 Å². The Labute approximate surface area is 291 Å². The van der Waals surface area contributed by atoms with Crippen molar-refractivity contribution in [3.63, 3.8) is 0 Å². The van der Waals surface area contributed by atoms with E-state index in [1.54, 1.807) is 43.6 Å². The molecular weight excluding hydrogens is 761 g/mol. The molecule has 1 atom stereocenters. The maximum Gasteiger partial charge on any atom is 0.270 e. The number of hydrogen-bond donors (Lipinski definition) is 2. The van der Waals surface area contributed by atoms with Gasteiger partial charge in [-0.3, -0.25) is 19.0 Å². The SMILES string of the molecule is C[C@@]1(Cc2ccc(C#N)cc2)C(=O)N(c2cc(Cl)c(F)c(Cl)c2)c2ncc(C(=O)NC3(C(=O)NC4(c5ncc(I)cn5)CC4)CC3)n21. The molecule has 4 aromatic rings. The van der Waals surface area contributed by atoms with Gasteiger partial charge in [-0.25, -0.2) is 24.2 Å². The minimum absolute atomic E-state index is 0.0486. The number of benzene rings is 2. The molecule has 2 aliphatic carbocycles. The molecule has 11 nitrogen and oxygen atoms in total. The number of fused-ring (bicyclic) bond motifs is 1. The molecule has 15 heteroatoms. The summed E-state index contributed by atoms with van der Waals surface area (Å²) < 4.78 is 16.7. The van der Waals surface area contributed by atoms with Gasteiger partial charge in [0.05, 0.1) is 33.6 Å². The number of nitrogens with zero attached hydrogens (tertiary/aromatic N) is 6. The van der Waals surface area contributed by atoms with Gasteiger partial charge in [0.2, 0.25) is 11.9 Å². The molecule has 238 valence electrons. The molecule has 0 bridgehead atoms. The summed E-state index contributed by atoms with van der Waals surface area (Å²) in [4.78, 5) is 56.4. The molecule has 2 N–H and O–H groups in total. The molecule has 0 radical (unpaired) electrons. The molecule has 0 spiro atoms. The third kappa shape index (κ3) is 5.32. The van der Waals surface area contributed by atoms with Gasteiger partial charge >= 0.3 is 0 Å². The van der Waals surface area contributed by atoms with Gasteiger partial charge in [0.25, 0.3) is 11.8 Å². The lowest BCUT2D eigenvalue weighted by Gasteiger charge is -2.27. The van der Waals surface area contributed by atoms with E-state index in [0.717, 1.165) is 3.57 Å². The Hall–Kier alpha value is -4.13. The van der Waals surface area contributed by atoms with E-state index in [4.69, 9.17) is 23.2 Å². The second-order valence-electron chi connectivity index (χ2n) is 12.2. The molecule has 0 saturated heterocycles. The number of hydrogen-bond acceptors (Lipinski definition) is 7. The molecule has 3 heterocycles. The highest BCUT2D eigenvalue weighted by atomic mass is 127. The lowest BCUT2D eigenvalue weighted by atomic mass is 9.91. The van der Waals surface area contributed by atoms with Gasteiger partial charge in [-0.2, -0.15) is 5.26 Å². The van der Waals surface area contributed by atoms with Crippen LogP contribution in [0.4, 0.5) is 16.0 Å². The highest BCUT2D eigenvalue weighted by molar-refractivity contribution is 14.1. The first-order chi connectivity index (χ1) is 22.4. The van der Waals surface area contributed by atoms with Crippen molar-refractivity contribution in [2.24, 2.45) is 0 Å². The third-order valence-corrected chi connectivity index (χ3v) is 9.99. The topological polar surface area (TPSA) is 146 Å². The standard InChI is InChI=1S/C32H24Cl2FIN8O3/c1-30(12-17-2-4-18(13-37)5-3-17)28(47)43(20-10-21(33)24(35)22(34)11-20)29-40-16-23(44(29)30)25(45)41-32(8-9-32)27(46)42-31(6-7-31)26-38-14-19(36)15-39-26/h2-5,10-11,14-16H,6-9,12H2,1H3,(H,41,45)(H,42,46)/t30-/m1/s1. The Balaban J connectivity index is 1.22. The number of carbonyl (C=O) groups excluding carboxylic acids is 3. The van der Waals surface area contributed by atoms with Crippen molar-refractivity contribution >= 4 is 75.2 Å². The fourth-order valence-electron chi connectivity index (χ4n) is 5.97. The summed E-state index contributed by atoms with van der Waals surface area (Å²) in [5, 5.41) is 14.7. The third-order valence-electron chi connectivity index (χ3n) is 8.88. The molecule has 1 aliphatic heterocycles. The van der Waals surface area contributed by atoms with Crippen LogP contribution in [0.3, 0.4) is 0 Å². The van der Waals surface area contributed by atoms with E-state index in [-0.39, 0.29) is 39.7 Å². The lowest BCUT2D eigenvalue weighted by Crippen LogP contribution is -2.52. The zero-order chi connectivity index (χ0) is 33.3. The number of rotatable bonds is 8. The minimum atomic E-state index is -1.40. The summed E-state index contributed by atoms with van der Waals surface area (Å²) in [5.74, 6) is -1.60. The van der Waals surface area contributed by atoms with Crippen LogP contribution in [-0.2, 0) is 27.1 Å². The van der Waals surface area contributed by atoms with Gasteiger partial charge in [0.15, 0.2) is 11.6 Å². The molecule has 3 amide bonds. The van der Waals surface area contributed by atoms with E-state index >= 15 is 0 Å². The fraction of sp³-hybridized carbons (Fsp3) is 0.281. The van der Waals surface area contributed by atoms with Gasteiger partial charge < -0.3 is 10.6 Å². The first kappa shape index (κ1) is 31.5. The van der Waals surface area contributed by atoms with Crippen molar-refractivity contribution in [3.8, 4) is 6.07 Å². The van der Waals surface area contributed by atoms with Crippen LogP contribution in [0.5, 0.6) is 0 Å². The second-order valence-corrected chi connectivity index (χ2v) is 14.3. The summed E-state index contributed by atoms with van der Waals surface area (Å²) in [5.41, 5.74) is -1.85. The number of halogens is 4. The van der Waals surface area contributed by atoms with Crippen molar-refractivity contribution in [1.82, 2.24) is 30.2 Å². The number of nitrogens with one attached hydrogen (secondary N) is 2. The van der Waals surface area contributed by atoms with Crippen LogP contribution in [0, 0.1) is 20.7 Å². The summed E-state index contributed by atoms with van der Waals surface area (Å²) in [7, 11) is 0. The predicted molar refractivity (Wildman–Crippen MR) is 178 cm³/mol. The maximum absolute atomic E-state index is 14.3. The number of carbonyl (C=O) groups is 3. The van der Waals surface area contributed by atoms with E-state index in [1.165, 1.54) is 27.8 Å². The van der Waals surface area contributed by atoms with Gasteiger partial charge in [-0.15, -0.1) is 0 Å². The van der Waals surface area contributed by atoms with Gasteiger partial charge in [-0.1, -0.05) is 35.3 Å². The zero-order valence-electron chi connectivity index (χ0n) is 24.7. The van der Waals surface area contributed by atoms with Crippen molar-refractivity contribution in [2.75, 3.05) is 4.90 Å². The molecular formula is C32H24Cl2FIN8O3.